The van der Waals surface area contributed by atoms with Crippen molar-refractivity contribution in [1.82, 2.24) is 0 Å². The van der Waals surface area contributed by atoms with Crippen LogP contribution in [0, 0.1) is 0 Å². The van der Waals surface area contributed by atoms with Crippen molar-refractivity contribution in [2.75, 3.05) is 11.9 Å². The molecule has 0 aliphatic carbocycles. The molecule has 0 fully saturated rings. The van der Waals surface area contributed by atoms with Crippen LogP contribution in [0.15, 0.2) is 42.5 Å². The molecule has 3 nitrogen and oxygen atoms in total. The molecule has 0 saturated carbocycles. The first-order valence-electron chi connectivity index (χ1n) is 6.07. The standard InChI is InChI=1S/C15H13Cl2NO2/c16-11-3-1-10(2-4-11)7-8-18-14-9-12(17)5-6-13(14)15(19)20/h1-6,9,18H,7-8H2,(H,19,20). The van der Waals surface area contributed by atoms with E-state index in [1.807, 2.05) is 24.3 Å². The van der Waals surface area contributed by atoms with Crippen LogP contribution in [0.25, 0.3) is 0 Å². The highest BCUT2D eigenvalue weighted by molar-refractivity contribution is 6.31. The van der Waals surface area contributed by atoms with Crippen molar-refractivity contribution < 1.29 is 9.90 Å². The Morgan fingerprint density at radius 3 is 2.35 bits per heavy atom. The summed E-state index contributed by atoms with van der Waals surface area (Å²) in [6.45, 7) is 0.613. The number of anilines is 1. The second-order valence-electron chi connectivity index (χ2n) is 4.30. The predicted octanol–water partition coefficient (Wildman–Crippen LogP) is 4.35. The highest BCUT2D eigenvalue weighted by atomic mass is 35.5. The Kier molecular flexibility index (Phi) is 4.88. The molecule has 0 aromatic heterocycles. The summed E-state index contributed by atoms with van der Waals surface area (Å²) in [7, 11) is 0. The second kappa shape index (κ2) is 6.64. The molecule has 104 valence electrons. The van der Waals surface area contributed by atoms with Crippen LogP contribution in [0.4, 0.5) is 5.69 Å². The third kappa shape index (κ3) is 3.89. The maximum Gasteiger partial charge on any atom is 0.337 e. The van der Waals surface area contributed by atoms with E-state index in [4.69, 9.17) is 28.3 Å². The SMILES string of the molecule is O=C(O)c1ccc(Cl)cc1NCCc1ccc(Cl)cc1. The first kappa shape index (κ1) is 14.7. The lowest BCUT2D eigenvalue weighted by Gasteiger charge is -2.10. The summed E-state index contributed by atoms with van der Waals surface area (Å²) in [5, 5.41) is 13.4. The minimum absolute atomic E-state index is 0.213. The molecule has 0 aliphatic heterocycles. The first-order chi connectivity index (χ1) is 9.56. The predicted molar refractivity (Wildman–Crippen MR) is 82.1 cm³/mol. The summed E-state index contributed by atoms with van der Waals surface area (Å²) in [5.41, 5.74) is 1.87. The average molecular weight is 310 g/mol. The van der Waals surface area contributed by atoms with Crippen LogP contribution in [-0.2, 0) is 6.42 Å². The molecular formula is C15H13Cl2NO2. The Morgan fingerprint density at radius 1 is 1.05 bits per heavy atom. The zero-order chi connectivity index (χ0) is 14.5. The normalized spacial score (nSPS) is 10.3. The van der Waals surface area contributed by atoms with E-state index in [0.29, 0.717) is 22.3 Å². The fourth-order valence-corrected chi connectivity index (χ4v) is 2.14. The van der Waals surface area contributed by atoms with Crippen molar-refractivity contribution in [3.8, 4) is 0 Å². The van der Waals surface area contributed by atoms with E-state index < -0.39 is 5.97 Å². The molecule has 0 unspecified atom stereocenters. The third-order valence-electron chi connectivity index (χ3n) is 2.85. The monoisotopic (exact) mass is 309 g/mol. The van der Waals surface area contributed by atoms with E-state index in [1.54, 1.807) is 12.1 Å². The highest BCUT2D eigenvalue weighted by Gasteiger charge is 2.09. The van der Waals surface area contributed by atoms with Crippen molar-refractivity contribution in [2.45, 2.75) is 6.42 Å². The zero-order valence-electron chi connectivity index (χ0n) is 10.6. The van der Waals surface area contributed by atoms with Crippen LogP contribution >= 0.6 is 23.2 Å². The van der Waals surface area contributed by atoms with Crippen LogP contribution in [0.5, 0.6) is 0 Å². The summed E-state index contributed by atoms with van der Waals surface area (Å²) < 4.78 is 0. The maximum atomic E-state index is 11.1. The van der Waals surface area contributed by atoms with Gasteiger partial charge in [0.1, 0.15) is 0 Å². The van der Waals surface area contributed by atoms with Crippen molar-refractivity contribution in [2.24, 2.45) is 0 Å². The summed E-state index contributed by atoms with van der Waals surface area (Å²) in [4.78, 5) is 11.1. The fourth-order valence-electron chi connectivity index (χ4n) is 1.84. The van der Waals surface area contributed by atoms with Crippen LogP contribution in [0.3, 0.4) is 0 Å². The van der Waals surface area contributed by atoms with Gasteiger partial charge in [0.2, 0.25) is 0 Å². The van der Waals surface area contributed by atoms with Crippen molar-refractivity contribution >= 4 is 34.9 Å². The Morgan fingerprint density at radius 2 is 1.70 bits per heavy atom. The molecule has 0 atom stereocenters. The van der Waals surface area contributed by atoms with E-state index in [0.717, 1.165) is 12.0 Å². The minimum atomic E-state index is -0.976. The third-order valence-corrected chi connectivity index (χ3v) is 3.34. The summed E-state index contributed by atoms with van der Waals surface area (Å²) in [6, 6.07) is 12.2. The van der Waals surface area contributed by atoms with Gasteiger partial charge in [-0.3, -0.25) is 0 Å². The van der Waals surface area contributed by atoms with Gasteiger partial charge in [0.05, 0.1) is 11.3 Å². The van der Waals surface area contributed by atoms with Crippen molar-refractivity contribution in [3.05, 3.63) is 63.6 Å². The number of nitrogens with one attached hydrogen (secondary N) is 1. The lowest BCUT2D eigenvalue weighted by atomic mass is 10.1. The van der Waals surface area contributed by atoms with E-state index in [2.05, 4.69) is 5.32 Å². The van der Waals surface area contributed by atoms with Gasteiger partial charge in [-0.05, 0) is 42.3 Å². The van der Waals surface area contributed by atoms with E-state index in [9.17, 15) is 4.79 Å². The number of benzene rings is 2. The summed E-state index contributed by atoms with van der Waals surface area (Å²) in [6.07, 6.45) is 0.767. The summed E-state index contributed by atoms with van der Waals surface area (Å²) >= 11 is 11.7. The van der Waals surface area contributed by atoms with Crippen LogP contribution in [0.2, 0.25) is 10.0 Å². The zero-order valence-corrected chi connectivity index (χ0v) is 12.1. The van der Waals surface area contributed by atoms with Crippen LogP contribution in [0.1, 0.15) is 15.9 Å². The Labute approximate surface area is 127 Å². The molecule has 20 heavy (non-hydrogen) atoms. The van der Waals surface area contributed by atoms with Gasteiger partial charge < -0.3 is 10.4 Å². The quantitative estimate of drug-likeness (QED) is 0.863. The van der Waals surface area contributed by atoms with Gasteiger partial charge in [0.15, 0.2) is 0 Å². The number of rotatable bonds is 5. The largest absolute Gasteiger partial charge is 0.478 e. The smallest absolute Gasteiger partial charge is 0.337 e. The van der Waals surface area contributed by atoms with E-state index in [1.165, 1.54) is 6.07 Å². The first-order valence-corrected chi connectivity index (χ1v) is 6.83. The Balaban J connectivity index is 2.02. The van der Waals surface area contributed by atoms with E-state index >= 15 is 0 Å². The van der Waals surface area contributed by atoms with Gasteiger partial charge in [-0.25, -0.2) is 4.79 Å². The number of hydrogen-bond donors (Lipinski definition) is 2. The molecule has 0 amide bonds. The van der Waals surface area contributed by atoms with Crippen LogP contribution < -0.4 is 5.32 Å². The molecule has 2 N–H and O–H groups in total. The topological polar surface area (TPSA) is 49.3 Å². The minimum Gasteiger partial charge on any atom is -0.478 e. The van der Waals surface area contributed by atoms with Crippen LogP contribution in [-0.4, -0.2) is 17.6 Å². The molecule has 0 aliphatic rings. The fraction of sp³-hybridized carbons (Fsp3) is 0.133. The molecule has 0 heterocycles. The number of carbonyl (C=O) groups is 1. The van der Waals surface area contributed by atoms with Gasteiger partial charge in [0, 0.05) is 16.6 Å². The van der Waals surface area contributed by atoms with Gasteiger partial charge in [-0.2, -0.15) is 0 Å². The molecule has 0 spiro atoms. The Hall–Kier alpha value is -1.71. The lowest BCUT2D eigenvalue weighted by molar-refractivity contribution is 0.0698. The summed E-state index contributed by atoms with van der Waals surface area (Å²) in [5.74, 6) is -0.976. The number of aromatic carboxylic acids is 1. The van der Waals surface area contributed by atoms with E-state index in [-0.39, 0.29) is 5.56 Å². The van der Waals surface area contributed by atoms with Crippen molar-refractivity contribution in [1.29, 1.82) is 0 Å². The maximum absolute atomic E-state index is 11.1. The Bertz CT molecular complexity index is 612. The number of hydrogen-bond acceptors (Lipinski definition) is 2. The molecular weight excluding hydrogens is 297 g/mol. The average Bonchev–Trinajstić information content (AvgIpc) is 2.41. The van der Waals surface area contributed by atoms with Crippen molar-refractivity contribution in [3.63, 3.8) is 0 Å². The second-order valence-corrected chi connectivity index (χ2v) is 5.17. The molecule has 0 saturated heterocycles. The molecule has 2 aromatic rings. The number of carboxylic acid groups (broad SMARTS) is 1. The molecule has 2 rings (SSSR count). The van der Waals surface area contributed by atoms with Gasteiger partial charge >= 0.3 is 5.97 Å². The van der Waals surface area contributed by atoms with Gasteiger partial charge in [-0.1, -0.05) is 35.3 Å². The number of carboxylic acids is 1. The molecule has 0 radical (unpaired) electrons. The van der Waals surface area contributed by atoms with Gasteiger partial charge in [-0.15, -0.1) is 0 Å². The lowest BCUT2D eigenvalue weighted by Crippen LogP contribution is -2.09. The molecule has 5 heteroatoms. The molecule has 2 aromatic carbocycles. The molecule has 0 bridgehead atoms. The van der Waals surface area contributed by atoms with Gasteiger partial charge in [0.25, 0.3) is 0 Å². The highest BCUT2D eigenvalue weighted by Crippen LogP contribution is 2.21. The number of halogens is 2.